The van der Waals surface area contributed by atoms with Gasteiger partial charge in [0.2, 0.25) is 5.91 Å². The number of rotatable bonds is 7. The van der Waals surface area contributed by atoms with E-state index in [9.17, 15) is 4.79 Å². The van der Waals surface area contributed by atoms with Crippen LogP contribution in [0.2, 0.25) is 0 Å². The standard InChI is InChI=1S/C12H24N2O2/c1-10(2)9-16-7-6-14-11(15)8-12(13)4-3-5-12/h10H,3-9,13H2,1-2H3,(H,14,15). The van der Waals surface area contributed by atoms with Crippen molar-refractivity contribution in [2.24, 2.45) is 11.7 Å². The van der Waals surface area contributed by atoms with E-state index < -0.39 is 0 Å². The van der Waals surface area contributed by atoms with Crippen LogP contribution >= 0.6 is 0 Å². The summed E-state index contributed by atoms with van der Waals surface area (Å²) in [6.45, 7) is 6.13. The van der Waals surface area contributed by atoms with Crippen LogP contribution in [0.3, 0.4) is 0 Å². The zero-order valence-corrected chi connectivity index (χ0v) is 10.4. The summed E-state index contributed by atoms with van der Waals surface area (Å²) in [4.78, 5) is 11.5. The highest BCUT2D eigenvalue weighted by Crippen LogP contribution is 2.31. The molecular weight excluding hydrogens is 204 g/mol. The fraction of sp³-hybridized carbons (Fsp3) is 0.917. The van der Waals surface area contributed by atoms with Gasteiger partial charge in [0.25, 0.3) is 0 Å². The highest BCUT2D eigenvalue weighted by atomic mass is 16.5. The Bertz CT molecular complexity index is 225. The van der Waals surface area contributed by atoms with Crippen LogP contribution < -0.4 is 11.1 Å². The molecule has 0 unspecified atom stereocenters. The number of nitrogens with one attached hydrogen (secondary N) is 1. The van der Waals surface area contributed by atoms with E-state index in [0.29, 0.717) is 25.5 Å². The fourth-order valence-corrected chi connectivity index (χ4v) is 1.77. The maximum absolute atomic E-state index is 11.5. The Morgan fingerprint density at radius 1 is 1.50 bits per heavy atom. The van der Waals surface area contributed by atoms with Gasteiger partial charge in [-0.1, -0.05) is 13.8 Å². The molecule has 3 N–H and O–H groups in total. The van der Waals surface area contributed by atoms with Crippen LogP contribution in [0.4, 0.5) is 0 Å². The Morgan fingerprint density at radius 3 is 2.69 bits per heavy atom. The molecule has 1 aliphatic carbocycles. The lowest BCUT2D eigenvalue weighted by Crippen LogP contribution is -2.50. The Hall–Kier alpha value is -0.610. The highest BCUT2D eigenvalue weighted by molar-refractivity contribution is 5.77. The lowest BCUT2D eigenvalue weighted by atomic mass is 9.75. The third-order valence-corrected chi connectivity index (χ3v) is 2.88. The molecule has 1 rings (SSSR count). The zero-order valence-electron chi connectivity index (χ0n) is 10.4. The zero-order chi connectivity index (χ0) is 12.0. The Labute approximate surface area is 97.9 Å². The van der Waals surface area contributed by atoms with Gasteiger partial charge in [0.05, 0.1) is 6.61 Å². The van der Waals surface area contributed by atoms with Crippen LogP contribution in [-0.4, -0.2) is 31.2 Å². The molecule has 4 nitrogen and oxygen atoms in total. The Kier molecular flexibility index (Phi) is 5.22. The molecule has 1 fully saturated rings. The van der Waals surface area contributed by atoms with Gasteiger partial charge in [0.15, 0.2) is 0 Å². The van der Waals surface area contributed by atoms with Crippen LogP contribution in [0.15, 0.2) is 0 Å². The number of carbonyl (C=O) groups excluding carboxylic acids is 1. The first-order chi connectivity index (χ1) is 7.52. The predicted octanol–water partition coefficient (Wildman–Crippen LogP) is 1.05. The molecule has 0 aromatic rings. The quantitative estimate of drug-likeness (QED) is 0.640. The number of hydrogen-bond donors (Lipinski definition) is 2. The van der Waals surface area contributed by atoms with E-state index in [2.05, 4.69) is 19.2 Å². The fourth-order valence-electron chi connectivity index (χ4n) is 1.77. The molecule has 1 amide bonds. The summed E-state index contributed by atoms with van der Waals surface area (Å²) in [5.74, 6) is 0.591. The van der Waals surface area contributed by atoms with Crippen LogP contribution in [0.25, 0.3) is 0 Å². The molecular formula is C12H24N2O2. The number of nitrogens with two attached hydrogens (primary N) is 1. The third kappa shape index (κ3) is 4.94. The van der Waals surface area contributed by atoms with E-state index in [1.165, 1.54) is 0 Å². The SMILES string of the molecule is CC(C)COCCNC(=O)CC1(N)CCC1. The first-order valence-corrected chi connectivity index (χ1v) is 6.15. The number of carbonyl (C=O) groups is 1. The molecule has 1 saturated carbocycles. The van der Waals surface area contributed by atoms with Gasteiger partial charge in [0, 0.05) is 25.1 Å². The topological polar surface area (TPSA) is 64.3 Å². The first-order valence-electron chi connectivity index (χ1n) is 6.15. The second-order valence-corrected chi connectivity index (χ2v) is 5.21. The monoisotopic (exact) mass is 228 g/mol. The Morgan fingerprint density at radius 2 is 2.19 bits per heavy atom. The first kappa shape index (κ1) is 13.5. The van der Waals surface area contributed by atoms with Gasteiger partial charge in [0.1, 0.15) is 0 Å². The smallest absolute Gasteiger partial charge is 0.221 e. The van der Waals surface area contributed by atoms with Crippen molar-refractivity contribution >= 4 is 5.91 Å². The second kappa shape index (κ2) is 6.21. The molecule has 0 aromatic heterocycles. The lowest BCUT2D eigenvalue weighted by molar-refractivity contribution is -0.123. The van der Waals surface area contributed by atoms with Crippen molar-refractivity contribution in [2.45, 2.75) is 45.1 Å². The molecule has 4 heteroatoms. The maximum Gasteiger partial charge on any atom is 0.221 e. The predicted molar refractivity (Wildman–Crippen MR) is 64.1 cm³/mol. The van der Waals surface area contributed by atoms with Gasteiger partial charge in [-0.3, -0.25) is 4.79 Å². The van der Waals surface area contributed by atoms with Gasteiger partial charge in [-0.2, -0.15) is 0 Å². The van der Waals surface area contributed by atoms with E-state index in [1.54, 1.807) is 0 Å². The van der Waals surface area contributed by atoms with Crippen molar-refractivity contribution in [3.63, 3.8) is 0 Å². The molecule has 0 saturated heterocycles. The van der Waals surface area contributed by atoms with Crippen molar-refractivity contribution in [1.82, 2.24) is 5.32 Å². The molecule has 94 valence electrons. The third-order valence-electron chi connectivity index (χ3n) is 2.88. The highest BCUT2D eigenvalue weighted by Gasteiger charge is 2.34. The average Bonchev–Trinajstić information content (AvgIpc) is 2.14. The van der Waals surface area contributed by atoms with Crippen LogP contribution in [0.1, 0.15) is 39.5 Å². The maximum atomic E-state index is 11.5. The van der Waals surface area contributed by atoms with E-state index in [-0.39, 0.29) is 11.4 Å². The normalized spacial score (nSPS) is 18.2. The van der Waals surface area contributed by atoms with Gasteiger partial charge in [-0.25, -0.2) is 0 Å². The van der Waals surface area contributed by atoms with Crippen LogP contribution in [-0.2, 0) is 9.53 Å². The minimum Gasteiger partial charge on any atom is -0.379 e. The summed E-state index contributed by atoms with van der Waals surface area (Å²) in [5, 5.41) is 2.84. The van der Waals surface area contributed by atoms with Gasteiger partial charge in [-0.15, -0.1) is 0 Å². The number of hydrogen-bond acceptors (Lipinski definition) is 3. The molecule has 0 spiro atoms. The largest absolute Gasteiger partial charge is 0.379 e. The summed E-state index contributed by atoms with van der Waals surface area (Å²) in [6.07, 6.45) is 3.56. The van der Waals surface area contributed by atoms with Crippen molar-refractivity contribution < 1.29 is 9.53 Å². The second-order valence-electron chi connectivity index (χ2n) is 5.21. The molecule has 1 aliphatic rings. The van der Waals surface area contributed by atoms with Crippen molar-refractivity contribution in [1.29, 1.82) is 0 Å². The van der Waals surface area contributed by atoms with Crippen molar-refractivity contribution in [3.8, 4) is 0 Å². The molecule has 0 aliphatic heterocycles. The minimum absolute atomic E-state index is 0.0512. The lowest BCUT2D eigenvalue weighted by Gasteiger charge is -2.37. The number of ether oxygens (including phenoxy) is 1. The number of amides is 1. The van der Waals surface area contributed by atoms with Gasteiger partial charge in [-0.05, 0) is 25.2 Å². The molecule has 16 heavy (non-hydrogen) atoms. The van der Waals surface area contributed by atoms with E-state index >= 15 is 0 Å². The summed E-state index contributed by atoms with van der Waals surface area (Å²) < 4.78 is 5.37. The van der Waals surface area contributed by atoms with E-state index in [4.69, 9.17) is 10.5 Å². The summed E-state index contributed by atoms with van der Waals surface area (Å²) in [6, 6.07) is 0. The minimum atomic E-state index is -0.219. The molecule has 0 atom stereocenters. The van der Waals surface area contributed by atoms with Crippen molar-refractivity contribution in [2.75, 3.05) is 19.8 Å². The summed E-state index contributed by atoms with van der Waals surface area (Å²) in [7, 11) is 0. The molecule has 0 heterocycles. The average molecular weight is 228 g/mol. The molecule has 0 radical (unpaired) electrons. The van der Waals surface area contributed by atoms with E-state index in [1.807, 2.05) is 0 Å². The van der Waals surface area contributed by atoms with Crippen molar-refractivity contribution in [3.05, 3.63) is 0 Å². The van der Waals surface area contributed by atoms with Crippen LogP contribution in [0.5, 0.6) is 0 Å². The Balaban J connectivity index is 1.98. The van der Waals surface area contributed by atoms with E-state index in [0.717, 1.165) is 25.9 Å². The van der Waals surface area contributed by atoms with Gasteiger partial charge < -0.3 is 15.8 Å². The summed E-state index contributed by atoms with van der Waals surface area (Å²) >= 11 is 0. The van der Waals surface area contributed by atoms with Gasteiger partial charge >= 0.3 is 0 Å². The molecule has 0 bridgehead atoms. The van der Waals surface area contributed by atoms with Crippen LogP contribution in [0, 0.1) is 5.92 Å². The summed E-state index contributed by atoms with van der Waals surface area (Å²) in [5.41, 5.74) is 5.76. The molecule has 0 aromatic carbocycles.